The quantitative estimate of drug-likeness (QED) is 0.811. The van der Waals surface area contributed by atoms with E-state index in [-0.39, 0.29) is 17.3 Å². The van der Waals surface area contributed by atoms with Crippen molar-refractivity contribution >= 4 is 5.88 Å². The van der Waals surface area contributed by atoms with Crippen LogP contribution in [0.3, 0.4) is 0 Å². The van der Waals surface area contributed by atoms with Crippen LogP contribution in [0.15, 0.2) is 16.7 Å². The lowest BCUT2D eigenvalue weighted by molar-refractivity contribution is -0.141. The highest BCUT2D eigenvalue weighted by atomic mass is 19.4. The van der Waals surface area contributed by atoms with Crippen LogP contribution in [0, 0.1) is 0 Å². The summed E-state index contributed by atoms with van der Waals surface area (Å²) in [7, 11) is 1.38. The highest BCUT2D eigenvalue weighted by Crippen LogP contribution is 2.31. The van der Waals surface area contributed by atoms with Crippen LogP contribution in [0.1, 0.15) is 5.69 Å². The first-order chi connectivity index (χ1) is 7.38. The predicted octanol–water partition coefficient (Wildman–Crippen LogP) is 1.68. The number of aromatic nitrogens is 3. The molecule has 0 unspecified atom stereocenters. The minimum atomic E-state index is -4.48. The molecule has 2 aromatic heterocycles. The maximum absolute atomic E-state index is 12.4. The summed E-state index contributed by atoms with van der Waals surface area (Å²) < 4.78 is 42.7. The smallest absolute Gasteiger partial charge is 0.368 e. The van der Waals surface area contributed by atoms with Crippen LogP contribution in [0.4, 0.5) is 19.1 Å². The summed E-state index contributed by atoms with van der Waals surface area (Å²) >= 11 is 0. The highest BCUT2D eigenvalue weighted by Gasteiger charge is 2.35. The molecule has 0 radical (unpaired) electrons. The summed E-state index contributed by atoms with van der Waals surface area (Å²) in [4.78, 5) is 0. The Labute approximate surface area is 87.6 Å². The van der Waals surface area contributed by atoms with Crippen LogP contribution < -0.4 is 5.73 Å². The van der Waals surface area contributed by atoms with E-state index in [9.17, 15) is 13.2 Å². The van der Waals surface area contributed by atoms with Gasteiger partial charge in [0.05, 0.1) is 5.69 Å². The minimum Gasteiger partial charge on any atom is -0.368 e. The number of aryl methyl sites for hydroxylation is 1. The van der Waals surface area contributed by atoms with Gasteiger partial charge in [-0.05, 0) is 6.07 Å². The third kappa shape index (κ3) is 1.73. The number of alkyl halides is 3. The third-order valence-corrected chi connectivity index (χ3v) is 1.96. The molecule has 0 saturated carbocycles. The molecule has 86 valence electrons. The molecule has 2 N–H and O–H groups in total. The van der Waals surface area contributed by atoms with Crippen molar-refractivity contribution in [1.82, 2.24) is 14.9 Å². The summed E-state index contributed by atoms with van der Waals surface area (Å²) in [5.74, 6) is 0.0322. The Morgan fingerprint density at radius 3 is 2.50 bits per heavy atom. The van der Waals surface area contributed by atoms with E-state index in [0.717, 1.165) is 10.7 Å². The number of nitrogens with two attached hydrogens (primary N) is 1. The van der Waals surface area contributed by atoms with Gasteiger partial charge in [0.1, 0.15) is 5.69 Å². The molecule has 0 fully saturated rings. The number of halogens is 3. The Morgan fingerprint density at radius 2 is 2.06 bits per heavy atom. The standard InChI is InChI=1S/C8H7F3N4O/c1-15-5(4-2-7(12)16-14-4)3-6(13-15)8(9,10)11/h2-3H,12H2,1H3. The highest BCUT2D eigenvalue weighted by molar-refractivity contribution is 5.57. The summed E-state index contributed by atoms with van der Waals surface area (Å²) in [6.45, 7) is 0. The van der Waals surface area contributed by atoms with E-state index < -0.39 is 11.9 Å². The zero-order valence-electron chi connectivity index (χ0n) is 8.12. The van der Waals surface area contributed by atoms with E-state index in [0.29, 0.717) is 0 Å². The molecule has 0 aliphatic heterocycles. The van der Waals surface area contributed by atoms with Crippen LogP contribution in [-0.2, 0) is 13.2 Å². The maximum Gasteiger partial charge on any atom is 0.435 e. The molecule has 0 atom stereocenters. The van der Waals surface area contributed by atoms with Crippen LogP contribution in [0.5, 0.6) is 0 Å². The van der Waals surface area contributed by atoms with E-state index in [1.165, 1.54) is 13.1 Å². The van der Waals surface area contributed by atoms with Crippen molar-refractivity contribution in [2.24, 2.45) is 7.05 Å². The zero-order valence-corrected chi connectivity index (χ0v) is 8.12. The van der Waals surface area contributed by atoms with E-state index in [1.807, 2.05) is 0 Å². The predicted molar refractivity (Wildman–Crippen MR) is 48.1 cm³/mol. The first-order valence-electron chi connectivity index (χ1n) is 4.22. The molecular formula is C8H7F3N4O. The monoisotopic (exact) mass is 232 g/mol. The Balaban J connectivity index is 2.47. The molecule has 5 nitrogen and oxygen atoms in total. The minimum absolute atomic E-state index is 0.0322. The molecule has 0 aliphatic rings. The van der Waals surface area contributed by atoms with Gasteiger partial charge in [-0.25, -0.2) is 0 Å². The second-order valence-corrected chi connectivity index (χ2v) is 3.15. The first-order valence-corrected chi connectivity index (χ1v) is 4.22. The first kappa shape index (κ1) is 10.5. The van der Waals surface area contributed by atoms with Gasteiger partial charge in [-0.2, -0.15) is 18.3 Å². The molecule has 2 heterocycles. The van der Waals surface area contributed by atoms with Gasteiger partial charge in [-0.3, -0.25) is 4.68 Å². The molecule has 16 heavy (non-hydrogen) atoms. The van der Waals surface area contributed by atoms with E-state index in [1.54, 1.807) is 0 Å². The third-order valence-electron chi connectivity index (χ3n) is 1.96. The topological polar surface area (TPSA) is 69.9 Å². The Hall–Kier alpha value is -1.99. The Kier molecular flexibility index (Phi) is 2.14. The normalized spacial score (nSPS) is 12.0. The lowest BCUT2D eigenvalue weighted by atomic mass is 10.3. The fourth-order valence-electron chi connectivity index (χ4n) is 1.26. The Bertz CT molecular complexity index is 514. The van der Waals surface area contributed by atoms with Crippen LogP contribution in [0.2, 0.25) is 0 Å². The number of rotatable bonds is 1. The second kappa shape index (κ2) is 3.26. The number of nitrogen functional groups attached to an aromatic ring is 1. The van der Waals surface area contributed by atoms with Crippen molar-refractivity contribution in [1.29, 1.82) is 0 Å². The molecular weight excluding hydrogens is 225 g/mol. The fourth-order valence-corrected chi connectivity index (χ4v) is 1.26. The van der Waals surface area contributed by atoms with Crippen molar-refractivity contribution in [3.8, 4) is 11.4 Å². The number of nitrogens with zero attached hydrogens (tertiary/aromatic N) is 3. The summed E-state index contributed by atoms with van der Waals surface area (Å²) in [5, 5.41) is 6.85. The summed E-state index contributed by atoms with van der Waals surface area (Å²) in [6, 6.07) is 2.22. The Morgan fingerprint density at radius 1 is 1.38 bits per heavy atom. The zero-order chi connectivity index (χ0) is 11.9. The van der Waals surface area contributed by atoms with E-state index >= 15 is 0 Å². The SMILES string of the molecule is Cn1nc(C(F)(F)F)cc1-c1cc(N)on1. The van der Waals surface area contributed by atoms with Crippen molar-refractivity contribution in [2.45, 2.75) is 6.18 Å². The number of hydrogen-bond donors (Lipinski definition) is 1. The molecule has 0 aromatic carbocycles. The van der Waals surface area contributed by atoms with Gasteiger partial charge in [-0.15, -0.1) is 0 Å². The molecule has 2 rings (SSSR count). The van der Waals surface area contributed by atoms with E-state index in [2.05, 4.69) is 14.8 Å². The van der Waals surface area contributed by atoms with Crippen molar-refractivity contribution in [2.75, 3.05) is 5.73 Å². The van der Waals surface area contributed by atoms with Crippen molar-refractivity contribution in [3.63, 3.8) is 0 Å². The van der Waals surface area contributed by atoms with Gasteiger partial charge in [0.15, 0.2) is 5.69 Å². The van der Waals surface area contributed by atoms with Gasteiger partial charge in [-0.1, -0.05) is 5.16 Å². The lowest BCUT2D eigenvalue weighted by Gasteiger charge is -1.98. The van der Waals surface area contributed by atoms with Crippen molar-refractivity contribution in [3.05, 3.63) is 17.8 Å². The molecule has 0 amide bonds. The number of anilines is 1. The summed E-state index contributed by atoms with van der Waals surface area (Å²) in [6.07, 6.45) is -4.48. The average molecular weight is 232 g/mol. The maximum atomic E-state index is 12.4. The average Bonchev–Trinajstić information content (AvgIpc) is 2.70. The van der Waals surface area contributed by atoms with Crippen LogP contribution in [0.25, 0.3) is 11.4 Å². The fraction of sp³-hybridized carbons (Fsp3) is 0.250. The van der Waals surface area contributed by atoms with Gasteiger partial charge in [0.25, 0.3) is 0 Å². The van der Waals surface area contributed by atoms with Gasteiger partial charge in [0, 0.05) is 13.1 Å². The molecule has 0 spiro atoms. The second-order valence-electron chi connectivity index (χ2n) is 3.15. The largest absolute Gasteiger partial charge is 0.435 e. The lowest BCUT2D eigenvalue weighted by Crippen LogP contribution is -2.06. The molecule has 0 bridgehead atoms. The molecule has 0 aliphatic carbocycles. The van der Waals surface area contributed by atoms with E-state index in [4.69, 9.17) is 5.73 Å². The number of hydrogen-bond acceptors (Lipinski definition) is 4. The van der Waals surface area contributed by atoms with Crippen LogP contribution in [-0.4, -0.2) is 14.9 Å². The van der Waals surface area contributed by atoms with Crippen molar-refractivity contribution < 1.29 is 17.7 Å². The summed E-state index contributed by atoms with van der Waals surface area (Å²) in [5.41, 5.74) is 4.70. The van der Waals surface area contributed by atoms with Crippen LogP contribution >= 0.6 is 0 Å². The molecule has 2 aromatic rings. The molecule has 0 saturated heterocycles. The van der Waals surface area contributed by atoms with Gasteiger partial charge in [0.2, 0.25) is 5.88 Å². The van der Waals surface area contributed by atoms with Gasteiger partial charge >= 0.3 is 6.18 Å². The molecule has 8 heteroatoms. The van der Waals surface area contributed by atoms with Gasteiger partial charge < -0.3 is 10.3 Å².